The van der Waals surface area contributed by atoms with Crippen molar-refractivity contribution in [1.29, 1.82) is 0 Å². The molecule has 0 heterocycles. The second-order valence-corrected chi connectivity index (χ2v) is 6.73. The van der Waals surface area contributed by atoms with Crippen LogP contribution in [0.3, 0.4) is 0 Å². The summed E-state index contributed by atoms with van der Waals surface area (Å²) in [4.78, 5) is 45.1. The van der Waals surface area contributed by atoms with E-state index in [-0.39, 0.29) is 48.4 Å². The molecule has 1 aromatic rings. The average Bonchev–Trinajstić information content (AvgIpc) is 2.76. The highest BCUT2D eigenvalue weighted by Crippen LogP contribution is 2.30. The lowest BCUT2D eigenvalue weighted by atomic mass is 9.79. The largest absolute Gasteiger partial charge is 0.469 e. The molecular weight excluding hydrogens is 408 g/mol. The van der Waals surface area contributed by atoms with E-state index in [1.165, 1.54) is 46.6 Å². The normalized spacial score (nSPS) is 19.5. The topological polar surface area (TPSA) is 157 Å². The maximum atomic E-state index is 11.3. The number of ether oxygens (including phenoxy) is 4. The van der Waals surface area contributed by atoms with E-state index in [9.17, 15) is 19.2 Å². The quantitative estimate of drug-likeness (QED) is 0.400. The number of hydrogen-bond donors (Lipinski definition) is 2. The lowest BCUT2D eigenvalue weighted by Gasteiger charge is -2.29. The highest BCUT2D eigenvalue weighted by Gasteiger charge is 2.35. The number of rotatable bonds is 4. The number of esters is 4. The van der Waals surface area contributed by atoms with E-state index < -0.39 is 11.9 Å². The van der Waals surface area contributed by atoms with Crippen LogP contribution >= 0.6 is 0 Å². The van der Waals surface area contributed by atoms with Crippen molar-refractivity contribution in [1.82, 2.24) is 0 Å². The Balaban J connectivity index is 0.000000562. The zero-order chi connectivity index (χ0) is 22.8. The molecule has 31 heavy (non-hydrogen) atoms. The molecule has 1 aliphatic carbocycles. The van der Waals surface area contributed by atoms with Crippen LogP contribution in [0, 0.1) is 11.8 Å². The molecule has 10 heteroatoms. The molecule has 0 amide bonds. The maximum Gasteiger partial charge on any atom is 0.337 e. The number of anilines is 1. The van der Waals surface area contributed by atoms with E-state index in [1.54, 1.807) is 0 Å². The van der Waals surface area contributed by atoms with Crippen LogP contribution in [0.1, 0.15) is 47.4 Å². The van der Waals surface area contributed by atoms with Crippen molar-refractivity contribution in [3.63, 3.8) is 0 Å². The van der Waals surface area contributed by atoms with E-state index in [2.05, 4.69) is 18.9 Å². The zero-order valence-corrected chi connectivity index (χ0v) is 17.5. The van der Waals surface area contributed by atoms with Gasteiger partial charge >= 0.3 is 23.9 Å². The molecule has 0 bridgehead atoms. The minimum absolute atomic E-state index is 0. The number of methoxy groups -OCH3 is 4. The molecular formula is C21H32N2O8. The van der Waals surface area contributed by atoms with E-state index >= 15 is 0 Å². The minimum Gasteiger partial charge on any atom is -0.469 e. The molecule has 0 radical (unpaired) electrons. The number of nitrogens with two attached hydrogens (primary N) is 2. The molecule has 1 fully saturated rings. The van der Waals surface area contributed by atoms with Crippen molar-refractivity contribution in [3.8, 4) is 0 Å². The SMILES string of the molecule is C.COC(=O)[C@@H]1CC(N)C[C@H](C(=O)OC)C1.COC(=O)c1cc(N)cc(C(=O)OC)c1. The highest BCUT2D eigenvalue weighted by atomic mass is 16.5. The fraction of sp³-hybridized carbons (Fsp3) is 0.524. The van der Waals surface area contributed by atoms with Gasteiger partial charge in [0.2, 0.25) is 0 Å². The van der Waals surface area contributed by atoms with Crippen molar-refractivity contribution < 1.29 is 38.1 Å². The predicted octanol–water partition coefficient (Wildman–Crippen LogP) is 1.55. The van der Waals surface area contributed by atoms with Gasteiger partial charge in [0.05, 0.1) is 51.4 Å². The summed E-state index contributed by atoms with van der Waals surface area (Å²) in [6, 6.07) is 4.09. The number of carbonyl (C=O) groups excluding carboxylic acids is 4. The summed E-state index contributed by atoms with van der Waals surface area (Å²) in [7, 11) is 5.19. The first-order valence-corrected chi connectivity index (χ1v) is 9.15. The van der Waals surface area contributed by atoms with Gasteiger partial charge in [-0.3, -0.25) is 9.59 Å². The van der Waals surface area contributed by atoms with Gasteiger partial charge < -0.3 is 30.4 Å². The van der Waals surface area contributed by atoms with Gasteiger partial charge in [-0.1, -0.05) is 7.43 Å². The molecule has 3 atom stereocenters. The Kier molecular flexibility index (Phi) is 11.9. The van der Waals surface area contributed by atoms with Gasteiger partial charge in [-0.05, 0) is 37.5 Å². The van der Waals surface area contributed by atoms with Gasteiger partial charge in [-0.15, -0.1) is 0 Å². The van der Waals surface area contributed by atoms with Gasteiger partial charge in [0.1, 0.15) is 0 Å². The van der Waals surface area contributed by atoms with Crippen LogP contribution in [-0.2, 0) is 28.5 Å². The fourth-order valence-electron chi connectivity index (χ4n) is 3.20. The smallest absolute Gasteiger partial charge is 0.337 e. The number of hydrogen-bond acceptors (Lipinski definition) is 10. The van der Waals surface area contributed by atoms with Crippen LogP contribution in [-0.4, -0.2) is 58.4 Å². The first-order valence-electron chi connectivity index (χ1n) is 9.15. The lowest BCUT2D eigenvalue weighted by molar-refractivity contribution is -0.152. The monoisotopic (exact) mass is 440 g/mol. The van der Waals surface area contributed by atoms with E-state index in [1.807, 2.05) is 0 Å². The number of benzene rings is 1. The molecule has 1 aromatic carbocycles. The van der Waals surface area contributed by atoms with Crippen LogP contribution in [0.5, 0.6) is 0 Å². The van der Waals surface area contributed by atoms with Crippen LogP contribution in [0.2, 0.25) is 0 Å². The molecule has 174 valence electrons. The molecule has 2 rings (SSSR count). The highest BCUT2D eigenvalue weighted by molar-refractivity contribution is 5.96. The summed E-state index contributed by atoms with van der Waals surface area (Å²) in [5.41, 5.74) is 12.1. The fourth-order valence-corrected chi connectivity index (χ4v) is 3.20. The maximum absolute atomic E-state index is 11.3. The lowest BCUT2D eigenvalue weighted by Crippen LogP contribution is -2.39. The van der Waals surface area contributed by atoms with Crippen molar-refractivity contribution >= 4 is 29.6 Å². The second-order valence-electron chi connectivity index (χ2n) is 6.73. The molecule has 0 aliphatic heterocycles. The standard InChI is InChI=1S/C10H17NO4.C10H11NO4.CH4/c2*1-14-9(12)6-3-7(10(13)15-2)5-8(11)4-6;/h6-8H,3-5,11H2,1-2H3;3-5H,11H2,1-2H3;1H4/t6-,7+,8?;;. The van der Waals surface area contributed by atoms with Crippen molar-refractivity contribution in [2.75, 3.05) is 34.2 Å². The van der Waals surface area contributed by atoms with Crippen LogP contribution in [0.25, 0.3) is 0 Å². The Morgan fingerprint density at radius 2 is 1.13 bits per heavy atom. The first-order chi connectivity index (χ1) is 14.2. The first kappa shape index (κ1) is 27.9. The predicted molar refractivity (Wildman–Crippen MR) is 113 cm³/mol. The van der Waals surface area contributed by atoms with Crippen molar-refractivity contribution in [2.24, 2.45) is 17.6 Å². The molecule has 0 aromatic heterocycles. The summed E-state index contributed by atoms with van der Waals surface area (Å²) in [5.74, 6) is -2.23. The van der Waals surface area contributed by atoms with Gasteiger partial charge in [0.25, 0.3) is 0 Å². The van der Waals surface area contributed by atoms with Gasteiger partial charge in [-0.2, -0.15) is 0 Å². The molecule has 1 aliphatic rings. The molecule has 1 saturated carbocycles. The van der Waals surface area contributed by atoms with E-state index in [0.717, 1.165) is 0 Å². The van der Waals surface area contributed by atoms with Crippen molar-refractivity contribution in [2.45, 2.75) is 32.7 Å². The Morgan fingerprint density at radius 3 is 1.45 bits per heavy atom. The Bertz CT molecular complexity index is 722. The third kappa shape index (κ3) is 8.25. The van der Waals surface area contributed by atoms with Crippen LogP contribution in [0.15, 0.2) is 18.2 Å². The third-order valence-electron chi connectivity index (χ3n) is 4.61. The van der Waals surface area contributed by atoms with Crippen LogP contribution in [0.4, 0.5) is 5.69 Å². The Hall–Kier alpha value is -3.14. The van der Waals surface area contributed by atoms with Crippen LogP contribution < -0.4 is 11.5 Å². The molecule has 10 nitrogen and oxygen atoms in total. The Labute approximate surface area is 182 Å². The Morgan fingerprint density at radius 1 is 0.742 bits per heavy atom. The number of nitrogen functional groups attached to an aromatic ring is 1. The zero-order valence-electron chi connectivity index (χ0n) is 17.5. The average molecular weight is 440 g/mol. The second kappa shape index (κ2) is 13.2. The summed E-state index contributed by atoms with van der Waals surface area (Å²) in [5, 5.41) is 0. The van der Waals surface area contributed by atoms with Gasteiger partial charge in [0.15, 0.2) is 0 Å². The van der Waals surface area contributed by atoms with Gasteiger partial charge in [0, 0.05) is 11.7 Å². The summed E-state index contributed by atoms with van der Waals surface area (Å²) < 4.78 is 18.3. The molecule has 4 N–H and O–H groups in total. The number of carbonyl (C=O) groups is 4. The summed E-state index contributed by atoms with van der Waals surface area (Å²) in [6.07, 6.45) is 1.65. The summed E-state index contributed by atoms with van der Waals surface area (Å²) in [6.45, 7) is 0. The minimum atomic E-state index is -0.549. The van der Waals surface area contributed by atoms with Crippen molar-refractivity contribution in [3.05, 3.63) is 29.3 Å². The molecule has 1 unspecified atom stereocenters. The molecule has 0 spiro atoms. The molecule has 0 saturated heterocycles. The van der Waals surface area contributed by atoms with E-state index in [0.29, 0.717) is 24.9 Å². The summed E-state index contributed by atoms with van der Waals surface area (Å²) >= 11 is 0. The van der Waals surface area contributed by atoms with Gasteiger partial charge in [-0.25, -0.2) is 9.59 Å². The third-order valence-corrected chi connectivity index (χ3v) is 4.61. The van der Waals surface area contributed by atoms with E-state index in [4.69, 9.17) is 11.5 Å².